The molecule has 1 fully saturated rings. The Labute approximate surface area is 146 Å². The molecule has 2 heterocycles. The lowest BCUT2D eigenvalue weighted by Gasteiger charge is -2.22. The molecule has 130 valence electrons. The third kappa shape index (κ3) is 3.28. The van der Waals surface area contributed by atoms with E-state index in [-0.39, 0.29) is 11.4 Å². The van der Waals surface area contributed by atoms with E-state index in [4.69, 9.17) is 12.2 Å². The fourth-order valence-corrected chi connectivity index (χ4v) is 3.06. The van der Waals surface area contributed by atoms with Gasteiger partial charge in [-0.1, -0.05) is 0 Å². The van der Waals surface area contributed by atoms with Crippen molar-refractivity contribution in [1.29, 1.82) is 0 Å². The molecule has 1 aliphatic carbocycles. The van der Waals surface area contributed by atoms with E-state index in [2.05, 4.69) is 41.4 Å². The number of aromatic nitrogens is 5. The topological polar surface area (TPSA) is 80.5 Å². The van der Waals surface area contributed by atoms with E-state index in [0.29, 0.717) is 35.3 Å². The zero-order valence-electron chi connectivity index (χ0n) is 14.6. The minimum Gasteiger partial charge on any atom is -0.343 e. The van der Waals surface area contributed by atoms with Crippen LogP contribution in [-0.4, -0.2) is 30.5 Å². The van der Waals surface area contributed by atoms with Crippen molar-refractivity contribution in [3.8, 4) is 0 Å². The summed E-state index contributed by atoms with van der Waals surface area (Å²) in [6, 6.07) is 1.93. The molecule has 2 aromatic rings. The van der Waals surface area contributed by atoms with Crippen LogP contribution >= 0.6 is 12.2 Å². The second kappa shape index (κ2) is 6.16. The van der Waals surface area contributed by atoms with Crippen molar-refractivity contribution in [2.24, 2.45) is 0 Å². The highest BCUT2D eigenvalue weighted by atomic mass is 32.1. The van der Waals surface area contributed by atoms with Crippen LogP contribution in [0.3, 0.4) is 0 Å². The van der Waals surface area contributed by atoms with Gasteiger partial charge in [0.2, 0.25) is 0 Å². The predicted molar refractivity (Wildman–Crippen MR) is 93.5 cm³/mol. The molecule has 0 aliphatic heterocycles. The van der Waals surface area contributed by atoms with Gasteiger partial charge in [0.1, 0.15) is 5.69 Å². The molecule has 7 nitrogen and oxygen atoms in total. The SMILES string of the molecule is CCn1c(CNC(=O)c2cc(C3CC3)n(C(C)(C)C)n2)n[nH]c1=S. The number of aromatic amines is 1. The molecule has 3 rings (SSSR count). The van der Waals surface area contributed by atoms with Gasteiger partial charge in [-0.05, 0) is 58.8 Å². The fraction of sp³-hybridized carbons (Fsp3) is 0.625. The molecule has 24 heavy (non-hydrogen) atoms. The quantitative estimate of drug-likeness (QED) is 0.814. The van der Waals surface area contributed by atoms with Crippen LogP contribution in [0, 0.1) is 4.77 Å². The van der Waals surface area contributed by atoms with Crippen LogP contribution in [-0.2, 0) is 18.6 Å². The largest absolute Gasteiger partial charge is 0.343 e. The maximum Gasteiger partial charge on any atom is 0.272 e. The first kappa shape index (κ1) is 16.9. The van der Waals surface area contributed by atoms with Crippen molar-refractivity contribution in [3.63, 3.8) is 0 Å². The average Bonchev–Trinajstić information content (AvgIpc) is 3.15. The van der Waals surface area contributed by atoms with Gasteiger partial charge in [0.05, 0.1) is 12.1 Å². The van der Waals surface area contributed by atoms with Crippen LogP contribution in [0.2, 0.25) is 0 Å². The molecule has 2 aromatic heterocycles. The Morgan fingerprint density at radius 2 is 2.17 bits per heavy atom. The first-order valence-corrected chi connectivity index (χ1v) is 8.74. The molecule has 1 amide bonds. The first-order chi connectivity index (χ1) is 11.3. The van der Waals surface area contributed by atoms with Crippen molar-refractivity contribution in [2.75, 3.05) is 0 Å². The molecule has 0 saturated heterocycles. The van der Waals surface area contributed by atoms with Crippen LogP contribution in [0.4, 0.5) is 0 Å². The van der Waals surface area contributed by atoms with Crippen LogP contribution in [0.25, 0.3) is 0 Å². The van der Waals surface area contributed by atoms with Crippen LogP contribution in [0.5, 0.6) is 0 Å². The Bertz CT molecular complexity index is 805. The summed E-state index contributed by atoms with van der Waals surface area (Å²) in [4.78, 5) is 12.5. The van der Waals surface area contributed by atoms with E-state index in [1.54, 1.807) is 0 Å². The van der Waals surface area contributed by atoms with Gasteiger partial charge in [-0.3, -0.25) is 14.6 Å². The summed E-state index contributed by atoms with van der Waals surface area (Å²) in [5.41, 5.74) is 1.48. The van der Waals surface area contributed by atoms with Crippen LogP contribution in [0.15, 0.2) is 6.07 Å². The van der Waals surface area contributed by atoms with E-state index in [0.717, 1.165) is 5.69 Å². The zero-order chi connectivity index (χ0) is 17.5. The summed E-state index contributed by atoms with van der Waals surface area (Å²) < 4.78 is 4.41. The average molecular weight is 348 g/mol. The number of H-pyrrole nitrogens is 1. The monoisotopic (exact) mass is 348 g/mol. The Morgan fingerprint density at radius 1 is 1.46 bits per heavy atom. The smallest absolute Gasteiger partial charge is 0.272 e. The van der Waals surface area contributed by atoms with Gasteiger partial charge in [0, 0.05) is 18.2 Å². The molecule has 0 spiro atoms. The van der Waals surface area contributed by atoms with Gasteiger partial charge < -0.3 is 9.88 Å². The fourth-order valence-electron chi connectivity index (χ4n) is 2.77. The van der Waals surface area contributed by atoms with Gasteiger partial charge in [-0.25, -0.2) is 0 Å². The minimum absolute atomic E-state index is 0.138. The lowest BCUT2D eigenvalue weighted by Crippen LogP contribution is -2.28. The lowest BCUT2D eigenvalue weighted by molar-refractivity contribution is 0.0943. The minimum atomic E-state index is -0.184. The van der Waals surface area contributed by atoms with Gasteiger partial charge in [-0.2, -0.15) is 10.2 Å². The van der Waals surface area contributed by atoms with Crippen LogP contribution in [0.1, 0.15) is 68.5 Å². The van der Waals surface area contributed by atoms with Crippen molar-refractivity contribution >= 4 is 18.1 Å². The molecular weight excluding hydrogens is 324 g/mol. The summed E-state index contributed by atoms with van der Waals surface area (Å²) >= 11 is 5.16. The van der Waals surface area contributed by atoms with Gasteiger partial charge in [0.15, 0.2) is 10.6 Å². The summed E-state index contributed by atoms with van der Waals surface area (Å²) in [7, 11) is 0. The second-order valence-electron chi connectivity index (χ2n) is 7.18. The van der Waals surface area contributed by atoms with Crippen molar-refractivity contribution in [2.45, 2.75) is 65.1 Å². The van der Waals surface area contributed by atoms with Crippen molar-refractivity contribution in [1.82, 2.24) is 29.9 Å². The highest BCUT2D eigenvalue weighted by Gasteiger charge is 2.32. The summed E-state index contributed by atoms with van der Waals surface area (Å²) in [5.74, 6) is 1.07. The Kier molecular flexibility index (Phi) is 4.33. The van der Waals surface area contributed by atoms with Crippen LogP contribution < -0.4 is 5.32 Å². The molecule has 0 aromatic carbocycles. The van der Waals surface area contributed by atoms with E-state index in [1.807, 2.05) is 22.2 Å². The highest BCUT2D eigenvalue weighted by Crippen LogP contribution is 2.41. The maximum absolute atomic E-state index is 12.5. The number of amides is 1. The van der Waals surface area contributed by atoms with E-state index in [1.165, 1.54) is 12.8 Å². The summed E-state index contributed by atoms with van der Waals surface area (Å²) in [6.45, 7) is 9.33. The highest BCUT2D eigenvalue weighted by molar-refractivity contribution is 7.71. The molecular formula is C16H24N6OS. The Balaban J connectivity index is 1.77. The third-order valence-electron chi connectivity index (χ3n) is 4.16. The lowest BCUT2D eigenvalue weighted by atomic mass is 10.1. The van der Waals surface area contributed by atoms with E-state index in [9.17, 15) is 4.79 Å². The van der Waals surface area contributed by atoms with Gasteiger partial charge in [-0.15, -0.1) is 0 Å². The van der Waals surface area contributed by atoms with Gasteiger partial charge in [0.25, 0.3) is 5.91 Å². The van der Waals surface area contributed by atoms with Gasteiger partial charge >= 0.3 is 0 Å². The number of hydrogen-bond donors (Lipinski definition) is 2. The Morgan fingerprint density at radius 3 is 2.75 bits per heavy atom. The molecule has 0 radical (unpaired) electrons. The zero-order valence-corrected chi connectivity index (χ0v) is 15.4. The standard InChI is InChI=1S/C16H24N6OS/c1-5-21-13(18-19-15(21)24)9-17-14(23)11-8-12(10-6-7-10)22(20-11)16(2,3)4/h8,10H,5-7,9H2,1-4H3,(H,17,23)(H,19,24). The Hall–Kier alpha value is -1.96. The molecule has 0 bridgehead atoms. The third-order valence-corrected chi connectivity index (χ3v) is 4.47. The number of carbonyl (C=O) groups excluding carboxylic acids is 1. The molecule has 0 atom stereocenters. The summed E-state index contributed by atoms with van der Waals surface area (Å²) in [6.07, 6.45) is 2.35. The van der Waals surface area contributed by atoms with E-state index < -0.39 is 0 Å². The van der Waals surface area contributed by atoms with E-state index >= 15 is 0 Å². The predicted octanol–water partition coefficient (Wildman–Crippen LogP) is 2.72. The number of carbonyl (C=O) groups is 1. The molecule has 8 heteroatoms. The molecule has 1 aliphatic rings. The number of nitrogens with zero attached hydrogens (tertiary/aromatic N) is 4. The molecule has 2 N–H and O–H groups in total. The number of rotatable bonds is 5. The maximum atomic E-state index is 12.5. The molecule has 0 unspecified atom stereocenters. The molecule has 1 saturated carbocycles. The first-order valence-electron chi connectivity index (χ1n) is 8.34. The van der Waals surface area contributed by atoms with Crippen molar-refractivity contribution in [3.05, 3.63) is 28.0 Å². The summed E-state index contributed by atoms with van der Waals surface area (Å²) in [5, 5.41) is 14.4. The second-order valence-corrected chi connectivity index (χ2v) is 7.57. The number of nitrogens with one attached hydrogen (secondary N) is 2. The normalized spacial score (nSPS) is 14.8. The number of hydrogen-bond acceptors (Lipinski definition) is 4. The van der Waals surface area contributed by atoms with Crippen molar-refractivity contribution < 1.29 is 4.79 Å².